The molecule has 0 aliphatic heterocycles. The van der Waals surface area contributed by atoms with Gasteiger partial charge in [0.1, 0.15) is 6.07 Å². The second-order valence-electron chi connectivity index (χ2n) is 4.31. The van der Waals surface area contributed by atoms with Gasteiger partial charge < -0.3 is 4.98 Å². The number of nitrogens with one attached hydrogen (secondary N) is 1. The van der Waals surface area contributed by atoms with Gasteiger partial charge in [0.05, 0.1) is 21.3 Å². The van der Waals surface area contributed by atoms with Gasteiger partial charge in [0.15, 0.2) is 0 Å². The molecule has 98 valence electrons. The van der Waals surface area contributed by atoms with E-state index >= 15 is 0 Å². The van der Waals surface area contributed by atoms with E-state index in [4.69, 9.17) is 34.8 Å². The lowest BCUT2D eigenvalue weighted by Gasteiger charge is -2.01. The number of aromatic nitrogens is 1. The molecule has 2 aromatic carbocycles. The van der Waals surface area contributed by atoms with Crippen molar-refractivity contribution in [3.8, 4) is 17.3 Å². The molecule has 20 heavy (non-hydrogen) atoms. The minimum absolute atomic E-state index is 0.449. The van der Waals surface area contributed by atoms with Crippen molar-refractivity contribution >= 4 is 45.7 Å². The molecule has 1 aromatic heterocycles. The molecule has 0 aliphatic rings. The molecular formula is C15H7Cl3N2. The van der Waals surface area contributed by atoms with E-state index in [1.54, 1.807) is 24.3 Å². The molecule has 0 spiro atoms. The van der Waals surface area contributed by atoms with Crippen LogP contribution in [0.4, 0.5) is 0 Å². The zero-order valence-electron chi connectivity index (χ0n) is 10.0. The highest BCUT2D eigenvalue weighted by molar-refractivity contribution is 6.42. The van der Waals surface area contributed by atoms with Crippen LogP contribution < -0.4 is 0 Å². The summed E-state index contributed by atoms with van der Waals surface area (Å²) in [5.41, 5.74) is 2.92. The summed E-state index contributed by atoms with van der Waals surface area (Å²) >= 11 is 17.9. The summed E-state index contributed by atoms with van der Waals surface area (Å²) in [6.45, 7) is 0. The molecule has 0 unspecified atom stereocenters. The van der Waals surface area contributed by atoms with Crippen molar-refractivity contribution in [3.63, 3.8) is 0 Å². The van der Waals surface area contributed by atoms with Crippen molar-refractivity contribution < 1.29 is 0 Å². The first-order valence-corrected chi connectivity index (χ1v) is 6.90. The van der Waals surface area contributed by atoms with E-state index in [2.05, 4.69) is 11.1 Å². The Balaban J connectivity index is 2.31. The maximum atomic E-state index is 9.41. The molecule has 2 nitrogen and oxygen atoms in total. The lowest BCUT2D eigenvalue weighted by molar-refractivity contribution is 1.43. The lowest BCUT2D eigenvalue weighted by atomic mass is 10.1. The van der Waals surface area contributed by atoms with Gasteiger partial charge >= 0.3 is 0 Å². The summed E-state index contributed by atoms with van der Waals surface area (Å²) in [5.74, 6) is 0. The van der Waals surface area contributed by atoms with E-state index in [1.807, 2.05) is 12.1 Å². The van der Waals surface area contributed by atoms with E-state index in [9.17, 15) is 5.26 Å². The summed E-state index contributed by atoms with van der Waals surface area (Å²) in [7, 11) is 0. The van der Waals surface area contributed by atoms with Crippen molar-refractivity contribution in [2.75, 3.05) is 0 Å². The summed E-state index contributed by atoms with van der Waals surface area (Å²) in [6.07, 6.45) is 0. The van der Waals surface area contributed by atoms with Gasteiger partial charge in [-0.3, -0.25) is 0 Å². The van der Waals surface area contributed by atoms with Gasteiger partial charge in [0.25, 0.3) is 0 Å². The van der Waals surface area contributed by atoms with Gasteiger partial charge in [0.2, 0.25) is 0 Å². The van der Waals surface area contributed by atoms with E-state index in [-0.39, 0.29) is 0 Å². The normalized spacial score (nSPS) is 10.7. The molecule has 3 rings (SSSR count). The van der Waals surface area contributed by atoms with Crippen LogP contribution in [0.2, 0.25) is 15.1 Å². The van der Waals surface area contributed by atoms with Crippen molar-refractivity contribution in [1.29, 1.82) is 5.26 Å². The van der Waals surface area contributed by atoms with E-state index in [0.29, 0.717) is 26.3 Å². The lowest BCUT2D eigenvalue weighted by Crippen LogP contribution is -1.82. The number of rotatable bonds is 1. The molecule has 0 radical (unpaired) electrons. The van der Waals surface area contributed by atoms with E-state index in [0.717, 1.165) is 16.5 Å². The minimum Gasteiger partial charge on any atom is -0.353 e. The Morgan fingerprint density at radius 1 is 0.950 bits per heavy atom. The molecule has 5 heteroatoms. The third-order valence-electron chi connectivity index (χ3n) is 3.08. The number of nitrogens with zero attached hydrogens (tertiary/aromatic N) is 1. The van der Waals surface area contributed by atoms with Crippen molar-refractivity contribution in [1.82, 2.24) is 4.98 Å². The Hall–Kier alpha value is -1.66. The fraction of sp³-hybridized carbons (Fsp3) is 0. The van der Waals surface area contributed by atoms with Gasteiger partial charge in [-0.1, -0.05) is 40.9 Å². The van der Waals surface area contributed by atoms with Crippen LogP contribution >= 0.6 is 34.8 Å². The first-order chi connectivity index (χ1) is 9.60. The smallest absolute Gasteiger partial charge is 0.102 e. The zero-order chi connectivity index (χ0) is 14.3. The fourth-order valence-corrected chi connectivity index (χ4v) is 2.62. The quantitative estimate of drug-likeness (QED) is 0.616. The van der Waals surface area contributed by atoms with Gasteiger partial charge in [0, 0.05) is 21.5 Å². The van der Waals surface area contributed by atoms with Gasteiger partial charge in [-0.2, -0.15) is 5.26 Å². The average Bonchev–Trinajstić information content (AvgIpc) is 2.79. The zero-order valence-corrected chi connectivity index (χ0v) is 12.3. The molecule has 0 bridgehead atoms. The van der Waals surface area contributed by atoms with Gasteiger partial charge in [-0.15, -0.1) is 0 Å². The first-order valence-electron chi connectivity index (χ1n) is 5.77. The Morgan fingerprint density at radius 3 is 2.45 bits per heavy atom. The number of aromatic amines is 1. The predicted octanol–water partition coefficient (Wildman–Crippen LogP) is 5.67. The van der Waals surface area contributed by atoms with Crippen LogP contribution in [0.1, 0.15) is 5.56 Å². The molecule has 3 aromatic rings. The number of benzene rings is 2. The van der Waals surface area contributed by atoms with Crippen LogP contribution in [0.5, 0.6) is 0 Å². The summed E-state index contributed by atoms with van der Waals surface area (Å²) in [4.78, 5) is 3.22. The molecule has 0 aliphatic carbocycles. The molecule has 0 fully saturated rings. The van der Waals surface area contributed by atoms with Crippen LogP contribution in [0.15, 0.2) is 36.4 Å². The molecule has 0 atom stereocenters. The number of hydrogen-bond donors (Lipinski definition) is 1. The predicted molar refractivity (Wildman–Crippen MR) is 83.5 cm³/mol. The largest absolute Gasteiger partial charge is 0.353 e. The number of H-pyrrole nitrogens is 1. The summed E-state index contributed by atoms with van der Waals surface area (Å²) in [6, 6.07) is 12.9. The van der Waals surface area contributed by atoms with Crippen LogP contribution in [0.3, 0.4) is 0 Å². The average molecular weight is 322 g/mol. The monoisotopic (exact) mass is 320 g/mol. The highest BCUT2D eigenvalue weighted by atomic mass is 35.5. The third kappa shape index (κ3) is 2.14. The highest BCUT2D eigenvalue weighted by Gasteiger charge is 2.14. The van der Waals surface area contributed by atoms with Crippen molar-refractivity contribution in [3.05, 3.63) is 57.0 Å². The summed E-state index contributed by atoms with van der Waals surface area (Å²) in [5, 5.41) is 11.7. The second kappa shape index (κ2) is 5.03. The Kier molecular flexibility index (Phi) is 3.35. The van der Waals surface area contributed by atoms with Crippen LogP contribution in [0, 0.1) is 11.3 Å². The number of nitriles is 1. The number of fused-ring (bicyclic) bond motifs is 1. The van der Waals surface area contributed by atoms with Crippen molar-refractivity contribution in [2.24, 2.45) is 0 Å². The van der Waals surface area contributed by atoms with Gasteiger partial charge in [-0.25, -0.2) is 0 Å². The second-order valence-corrected chi connectivity index (χ2v) is 5.56. The molecule has 0 amide bonds. The minimum atomic E-state index is 0.449. The molecule has 1 N–H and O–H groups in total. The molecular weight excluding hydrogens is 315 g/mol. The Labute approximate surface area is 130 Å². The summed E-state index contributed by atoms with van der Waals surface area (Å²) < 4.78 is 0. The van der Waals surface area contributed by atoms with E-state index in [1.165, 1.54) is 0 Å². The topological polar surface area (TPSA) is 39.6 Å². The number of hydrogen-bond acceptors (Lipinski definition) is 1. The standard InChI is InChI=1S/C15H7Cl3N2/c16-9-2-4-14-10(6-9)11(7-19)15(20-14)8-1-3-12(17)13(18)5-8/h1-6,20H. The van der Waals surface area contributed by atoms with Crippen LogP contribution in [-0.4, -0.2) is 4.98 Å². The third-order valence-corrected chi connectivity index (χ3v) is 4.05. The SMILES string of the molecule is N#Cc1c(-c2ccc(Cl)c(Cl)c2)[nH]c2ccc(Cl)cc12. The number of halogens is 3. The molecule has 0 saturated heterocycles. The Morgan fingerprint density at radius 2 is 1.75 bits per heavy atom. The molecule has 0 saturated carbocycles. The Bertz CT molecular complexity index is 859. The first kappa shape index (κ1) is 13.3. The van der Waals surface area contributed by atoms with Crippen molar-refractivity contribution in [2.45, 2.75) is 0 Å². The molecule has 1 heterocycles. The highest BCUT2D eigenvalue weighted by Crippen LogP contribution is 2.34. The fourth-order valence-electron chi connectivity index (χ4n) is 2.15. The maximum absolute atomic E-state index is 9.41. The maximum Gasteiger partial charge on any atom is 0.102 e. The van der Waals surface area contributed by atoms with E-state index < -0.39 is 0 Å². The van der Waals surface area contributed by atoms with Crippen LogP contribution in [0.25, 0.3) is 22.2 Å². The van der Waals surface area contributed by atoms with Gasteiger partial charge in [-0.05, 0) is 30.3 Å². The van der Waals surface area contributed by atoms with Crippen LogP contribution in [-0.2, 0) is 0 Å².